The number of anilines is 1. The van der Waals surface area contributed by atoms with Crippen molar-refractivity contribution in [3.8, 4) is 0 Å². The molecule has 1 aromatic carbocycles. The summed E-state index contributed by atoms with van der Waals surface area (Å²) in [5.74, 6) is -0.0801. The monoisotopic (exact) mass is 360 g/mol. The summed E-state index contributed by atoms with van der Waals surface area (Å²) in [5.41, 5.74) is 6.62. The average molecular weight is 361 g/mol. The lowest BCUT2D eigenvalue weighted by Crippen LogP contribution is -2.47. The van der Waals surface area contributed by atoms with E-state index in [9.17, 15) is 4.79 Å². The number of hydrogen-bond acceptors (Lipinski definition) is 4. The zero-order chi connectivity index (χ0) is 15.9. The Balaban J connectivity index is 0.00000264. The zero-order valence-electron chi connectivity index (χ0n) is 13.5. The first kappa shape index (κ1) is 20.0. The van der Waals surface area contributed by atoms with E-state index < -0.39 is 6.04 Å². The lowest BCUT2D eigenvalue weighted by Gasteiger charge is -2.36. The molecule has 1 aromatic rings. The highest BCUT2D eigenvalue weighted by molar-refractivity contribution is 6.33. The molecule has 5 nitrogen and oxygen atoms in total. The van der Waals surface area contributed by atoms with Crippen LogP contribution >= 0.6 is 24.0 Å². The topological polar surface area (TPSA) is 61.6 Å². The number of nitrogens with one attached hydrogen (secondary N) is 1. The Morgan fingerprint density at radius 2 is 1.96 bits per heavy atom. The van der Waals surface area contributed by atoms with Gasteiger partial charge in [0.1, 0.15) is 0 Å². The van der Waals surface area contributed by atoms with Crippen molar-refractivity contribution in [1.29, 1.82) is 0 Å². The highest BCUT2D eigenvalue weighted by atomic mass is 35.5. The van der Waals surface area contributed by atoms with Gasteiger partial charge in [0.25, 0.3) is 0 Å². The Labute approximate surface area is 149 Å². The molecule has 3 N–H and O–H groups in total. The van der Waals surface area contributed by atoms with Crippen molar-refractivity contribution >= 4 is 35.6 Å². The number of halogens is 2. The summed E-state index contributed by atoms with van der Waals surface area (Å²) in [4.78, 5) is 16.1. The van der Waals surface area contributed by atoms with Crippen molar-refractivity contribution in [3.05, 3.63) is 29.3 Å². The first-order valence-electron chi connectivity index (χ1n) is 7.83. The number of hydrogen-bond donors (Lipinski definition) is 2. The van der Waals surface area contributed by atoms with E-state index in [1.165, 1.54) is 0 Å². The van der Waals surface area contributed by atoms with Gasteiger partial charge in [-0.1, -0.05) is 23.7 Å². The number of carbonyl (C=O) groups excluding carboxylic acids is 1. The summed E-state index contributed by atoms with van der Waals surface area (Å²) in [5, 5.41) is 3.66. The van der Waals surface area contributed by atoms with E-state index in [4.69, 9.17) is 17.3 Å². The van der Waals surface area contributed by atoms with E-state index >= 15 is 0 Å². The van der Waals surface area contributed by atoms with Crippen molar-refractivity contribution in [2.24, 2.45) is 5.73 Å². The number of amides is 1. The lowest BCUT2D eigenvalue weighted by atomic mass is 10.2. The van der Waals surface area contributed by atoms with Crippen molar-refractivity contribution in [2.75, 3.05) is 44.2 Å². The first-order valence-corrected chi connectivity index (χ1v) is 8.21. The molecule has 0 aliphatic carbocycles. The molecule has 2 rings (SSSR count). The van der Waals surface area contributed by atoms with Crippen LogP contribution < -0.4 is 16.0 Å². The Kier molecular flexibility index (Phi) is 8.69. The fourth-order valence-corrected chi connectivity index (χ4v) is 2.85. The van der Waals surface area contributed by atoms with Gasteiger partial charge in [-0.3, -0.25) is 9.69 Å². The second-order valence-electron chi connectivity index (χ2n) is 5.71. The molecule has 0 aromatic heterocycles. The van der Waals surface area contributed by atoms with Crippen molar-refractivity contribution in [3.63, 3.8) is 0 Å². The van der Waals surface area contributed by atoms with Gasteiger partial charge < -0.3 is 16.0 Å². The quantitative estimate of drug-likeness (QED) is 0.758. The van der Waals surface area contributed by atoms with Gasteiger partial charge in [-0.25, -0.2) is 0 Å². The average Bonchev–Trinajstić information content (AvgIpc) is 2.52. The predicted octanol–water partition coefficient (Wildman–Crippen LogP) is 1.74. The van der Waals surface area contributed by atoms with E-state index in [0.717, 1.165) is 49.9 Å². The van der Waals surface area contributed by atoms with Crippen molar-refractivity contribution in [2.45, 2.75) is 19.4 Å². The van der Waals surface area contributed by atoms with Gasteiger partial charge in [0, 0.05) is 32.7 Å². The second kappa shape index (κ2) is 9.98. The second-order valence-corrected chi connectivity index (χ2v) is 6.12. The van der Waals surface area contributed by atoms with Crippen molar-refractivity contribution in [1.82, 2.24) is 10.2 Å². The maximum Gasteiger partial charge on any atom is 0.236 e. The lowest BCUT2D eigenvalue weighted by molar-refractivity contribution is -0.121. The number of piperazine rings is 1. The van der Waals surface area contributed by atoms with Gasteiger partial charge in [0.2, 0.25) is 5.91 Å². The van der Waals surface area contributed by atoms with Gasteiger partial charge in [-0.05, 0) is 32.0 Å². The van der Waals surface area contributed by atoms with Crippen LogP contribution in [0.25, 0.3) is 0 Å². The van der Waals surface area contributed by atoms with Crippen LogP contribution in [-0.2, 0) is 4.79 Å². The third-order valence-electron chi connectivity index (χ3n) is 3.93. The highest BCUT2D eigenvalue weighted by Gasteiger charge is 2.18. The number of nitrogens with two attached hydrogens (primary N) is 1. The van der Waals surface area contributed by atoms with E-state index in [-0.39, 0.29) is 18.3 Å². The minimum atomic E-state index is -0.431. The van der Waals surface area contributed by atoms with Crippen LogP contribution in [0.4, 0.5) is 5.69 Å². The minimum Gasteiger partial charge on any atom is -0.368 e. The maximum absolute atomic E-state index is 11.4. The van der Waals surface area contributed by atoms with E-state index in [2.05, 4.69) is 21.2 Å². The van der Waals surface area contributed by atoms with Crippen LogP contribution in [0.5, 0.6) is 0 Å². The Bertz CT molecular complexity index is 491. The Morgan fingerprint density at radius 3 is 2.57 bits per heavy atom. The fourth-order valence-electron chi connectivity index (χ4n) is 2.60. The summed E-state index contributed by atoms with van der Waals surface area (Å²) < 4.78 is 0. The molecule has 0 bridgehead atoms. The predicted molar refractivity (Wildman–Crippen MR) is 98.6 cm³/mol. The fraction of sp³-hybridized carbons (Fsp3) is 0.562. The molecule has 23 heavy (non-hydrogen) atoms. The number of para-hydroxylation sites is 1. The molecule has 1 aliphatic heterocycles. The normalized spacial score (nSPS) is 16.6. The molecule has 1 amide bonds. The largest absolute Gasteiger partial charge is 0.368 e. The summed E-state index contributed by atoms with van der Waals surface area (Å²) in [6.45, 7) is 7.38. The van der Waals surface area contributed by atoms with E-state index in [1.807, 2.05) is 18.2 Å². The van der Waals surface area contributed by atoms with Gasteiger partial charge in [0.15, 0.2) is 0 Å². The van der Waals surface area contributed by atoms with Crippen LogP contribution in [0.2, 0.25) is 5.02 Å². The molecule has 0 radical (unpaired) electrons. The standard InChI is InChI=1S/C16H25ClN4O.ClH/c1-13(18)16(22)19-7-4-8-20-9-11-21(12-10-20)15-6-3-2-5-14(15)17;/h2-3,5-6,13H,4,7-12,18H2,1H3,(H,19,22);1H. The van der Waals surface area contributed by atoms with Gasteiger partial charge in [-0.2, -0.15) is 0 Å². The molecule has 1 heterocycles. The van der Waals surface area contributed by atoms with Crippen LogP contribution in [0.15, 0.2) is 24.3 Å². The summed E-state index contributed by atoms with van der Waals surface area (Å²) in [6, 6.07) is 7.55. The maximum atomic E-state index is 11.4. The third kappa shape index (κ3) is 6.18. The van der Waals surface area contributed by atoms with Gasteiger partial charge in [-0.15, -0.1) is 12.4 Å². The molecular formula is C16H26Cl2N4O. The molecule has 1 saturated heterocycles. The van der Waals surface area contributed by atoms with Gasteiger partial charge >= 0.3 is 0 Å². The smallest absolute Gasteiger partial charge is 0.236 e. The summed E-state index contributed by atoms with van der Waals surface area (Å²) in [7, 11) is 0. The SMILES string of the molecule is CC(N)C(=O)NCCCN1CCN(c2ccccc2Cl)CC1.Cl. The van der Waals surface area contributed by atoms with Crippen LogP contribution in [0.1, 0.15) is 13.3 Å². The van der Waals surface area contributed by atoms with E-state index in [0.29, 0.717) is 6.54 Å². The molecule has 1 fully saturated rings. The third-order valence-corrected chi connectivity index (χ3v) is 4.25. The minimum absolute atomic E-state index is 0. The highest BCUT2D eigenvalue weighted by Crippen LogP contribution is 2.25. The Hall–Kier alpha value is -1.01. The molecule has 130 valence electrons. The summed E-state index contributed by atoms with van der Waals surface area (Å²) in [6.07, 6.45) is 0.949. The molecule has 0 saturated carbocycles. The first-order chi connectivity index (χ1) is 10.6. The van der Waals surface area contributed by atoms with Crippen LogP contribution in [-0.4, -0.2) is 56.1 Å². The molecular weight excluding hydrogens is 335 g/mol. The van der Waals surface area contributed by atoms with E-state index in [1.54, 1.807) is 6.92 Å². The number of rotatable bonds is 6. The number of benzene rings is 1. The molecule has 1 unspecified atom stereocenters. The molecule has 1 atom stereocenters. The van der Waals surface area contributed by atoms with Crippen molar-refractivity contribution < 1.29 is 4.79 Å². The molecule has 1 aliphatic rings. The van der Waals surface area contributed by atoms with Gasteiger partial charge in [0.05, 0.1) is 16.8 Å². The Morgan fingerprint density at radius 1 is 1.30 bits per heavy atom. The number of nitrogens with zero attached hydrogens (tertiary/aromatic N) is 2. The number of carbonyl (C=O) groups is 1. The zero-order valence-corrected chi connectivity index (χ0v) is 15.1. The van der Waals surface area contributed by atoms with Crippen LogP contribution in [0.3, 0.4) is 0 Å². The molecule has 7 heteroatoms. The van der Waals surface area contributed by atoms with Crippen LogP contribution in [0, 0.1) is 0 Å². The molecule has 0 spiro atoms. The summed E-state index contributed by atoms with van der Waals surface area (Å²) >= 11 is 6.25.